The van der Waals surface area contributed by atoms with E-state index in [1.165, 1.54) is 64.2 Å². The van der Waals surface area contributed by atoms with Crippen LogP contribution in [0.15, 0.2) is 0 Å². The lowest BCUT2D eigenvalue weighted by atomic mass is 10.0. The summed E-state index contributed by atoms with van der Waals surface area (Å²) in [5.41, 5.74) is 0. The van der Waals surface area contributed by atoms with Gasteiger partial charge in [0.05, 0.1) is 50.1 Å². The molecule has 73 heavy (non-hydrogen) atoms. The van der Waals surface area contributed by atoms with Crippen molar-refractivity contribution in [2.24, 2.45) is 35.5 Å². The minimum atomic E-state index is -0.254. The Morgan fingerprint density at radius 3 is 1.18 bits per heavy atom. The summed E-state index contributed by atoms with van der Waals surface area (Å²) >= 11 is 0. The number of hydrogen-bond acceptors (Lipinski definition) is 12. The lowest BCUT2D eigenvalue weighted by Crippen LogP contribution is -2.30. The van der Waals surface area contributed by atoms with Crippen LogP contribution >= 0.6 is 0 Å². The van der Waals surface area contributed by atoms with E-state index in [0.717, 1.165) is 57.9 Å². The molecule has 0 aromatic carbocycles. The zero-order chi connectivity index (χ0) is 54.6. The van der Waals surface area contributed by atoms with Gasteiger partial charge in [-0.25, -0.2) is 0 Å². The molecule has 4 saturated heterocycles. The second kappa shape index (κ2) is 40.1. The van der Waals surface area contributed by atoms with Gasteiger partial charge in [-0.3, -0.25) is 38.4 Å². The normalized spacial score (nSPS) is 19.8. The number of hydrogen-bond donors (Lipinski definition) is 0. The summed E-state index contributed by atoms with van der Waals surface area (Å²) in [6.07, 6.45) is 22.3. The van der Waals surface area contributed by atoms with Crippen LogP contribution in [0.3, 0.4) is 0 Å². The van der Waals surface area contributed by atoms with Crippen LogP contribution in [-0.4, -0.2) is 146 Å². The number of esters is 4. The Kier molecular flexibility index (Phi) is 36.7. The van der Waals surface area contributed by atoms with Crippen molar-refractivity contribution in [2.75, 3.05) is 79.3 Å². The maximum Gasteiger partial charge on any atom is 0.311 e. The molecule has 0 aromatic heterocycles. The van der Waals surface area contributed by atoms with E-state index >= 15 is 0 Å². The van der Waals surface area contributed by atoms with Crippen molar-refractivity contribution in [3.63, 3.8) is 0 Å². The standard InChI is InChI=1S/C18H33NO3.C15H27NO3.C13H23NO3.C11H19NO3/c1-3-4-5-6-7-8-9-10-11-12-13-22-18(21)16-14-17(20)19(2)15-16;1-4-7-8-12(5-2)11-19-15(18)13-9-14(17)16(6-3)10-13;1-4-5-6-17-13(16)11-7-12(15)14(9-11)8-10(2)3;1-3-5-6-15-11(14)9-7-10(13)12(4-2)8-9/h16H,3-15H2,1-2H3;12-13H,4-11H2,1-3H3;10-11H,4-9H2,1-3H3;9H,3-8H2,1-2H3. The smallest absolute Gasteiger partial charge is 0.311 e. The molecule has 4 heterocycles. The maximum atomic E-state index is 11.9. The van der Waals surface area contributed by atoms with Gasteiger partial charge in [0.25, 0.3) is 0 Å². The first-order chi connectivity index (χ1) is 35.0. The average molecular weight is 1040 g/mol. The number of carbonyl (C=O) groups is 8. The Hall–Kier alpha value is -4.24. The highest BCUT2D eigenvalue weighted by molar-refractivity contribution is 5.88. The fraction of sp³-hybridized carbons (Fsp3) is 0.860. The predicted octanol–water partition coefficient (Wildman–Crippen LogP) is 9.58. The van der Waals surface area contributed by atoms with Crippen LogP contribution in [0.5, 0.6) is 0 Å². The lowest BCUT2D eigenvalue weighted by molar-refractivity contribution is -0.150. The third kappa shape index (κ3) is 28.3. The molecule has 422 valence electrons. The van der Waals surface area contributed by atoms with E-state index in [0.29, 0.717) is 103 Å². The highest BCUT2D eigenvalue weighted by atomic mass is 16.5. The Balaban J connectivity index is 0.000000491. The van der Waals surface area contributed by atoms with Gasteiger partial charge < -0.3 is 38.5 Å². The number of amides is 4. The largest absolute Gasteiger partial charge is 0.465 e. The van der Waals surface area contributed by atoms with Crippen LogP contribution in [0.2, 0.25) is 0 Å². The van der Waals surface area contributed by atoms with E-state index in [-0.39, 0.29) is 71.2 Å². The van der Waals surface area contributed by atoms with Crippen molar-refractivity contribution >= 4 is 47.5 Å². The fourth-order valence-corrected chi connectivity index (χ4v) is 9.01. The van der Waals surface area contributed by atoms with E-state index in [1.807, 2.05) is 20.8 Å². The topological polar surface area (TPSA) is 186 Å². The second-order valence-electron chi connectivity index (χ2n) is 20.9. The summed E-state index contributed by atoms with van der Waals surface area (Å²) in [5, 5.41) is 0. The average Bonchev–Trinajstić information content (AvgIpc) is 4.15. The van der Waals surface area contributed by atoms with Crippen LogP contribution in [0.4, 0.5) is 0 Å². The zero-order valence-electron chi connectivity index (χ0n) is 47.5. The van der Waals surface area contributed by atoms with Gasteiger partial charge in [0.1, 0.15) is 0 Å². The number of ether oxygens (including phenoxy) is 4. The molecular formula is C57H102N4O12. The molecular weight excluding hydrogens is 933 g/mol. The Bertz CT molecular complexity index is 1610. The van der Waals surface area contributed by atoms with Crippen molar-refractivity contribution in [1.82, 2.24) is 19.6 Å². The van der Waals surface area contributed by atoms with Crippen molar-refractivity contribution in [3.05, 3.63) is 0 Å². The van der Waals surface area contributed by atoms with E-state index in [9.17, 15) is 38.4 Å². The Morgan fingerprint density at radius 2 is 0.808 bits per heavy atom. The lowest BCUT2D eigenvalue weighted by Gasteiger charge is -2.18. The molecule has 4 amide bonds. The minimum absolute atomic E-state index is 0.0425. The Labute approximate surface area is 441 Å². The Morgan fingerprint density at radius 1 is 0.452 bits per heavy atom. The quantitative estimate of drug-likeness (QED) is 0.0364. The van der Waals surface area contributed by atoms with E-state index in [1.54, 1.807) is 26.6 Å². The molecule has 0 bridgehead atoms. The van der Waals surface area contributed by atoms with Gasteiger partial charge in [0.15, 0.2) is 0 Å². The summed E-state index contributed by atoms with van der Waals surface area (Å²) < 4.78 is 20.9. The molecule has 4 aliphatic rings. The highest BCUT2D eigenvalue weighted by Gasteiger charge is 2.37. The highest BCUT2D eigenvalue weighted by Crippen LogP contribution is 2.23. The molecule has 4 rings (SSSR count). The molecule has 4 aliphatic heterocycles. The van der Waals surface area contributed by atoms with Crippen LogP contribution in [0, 0.1) is 35.5 Å². The number of nitrogens with zero attached hydrogens (tertiary/aromatic N) is 4. The molecule has 0 aliphatic carbocycles. The van der Waals surface area contributed by atoms with E-state index < -0.39 is 0 Å². The molecule has 4 fully saturated rings. The molecule has 5 unspecified atom stereocenters. The molecule has 0 saturated carbocycles. The van der Waals surface area contributed by atoms with Crippen LogP contribution in [0.25, 0.3) is 0 Å². The molecule has 0 N–H and O–H groups in total. The number of rotatable bonds is 31. The maximum absolute atomic E-state index is 11.9. The summed E-state index contributed by atoms with van der Waals surface area (Å²) in [5.74, 6) is -0.658. The molecule has 0 spiro atoms. The number of carbonyl (C=O) groups excluding carboxylic acids is 8. The van der Waals surface area contributed by atoms with Gasteiger partial charge in [-0.15, -0.1) is 0 Å². The van der Waals surface area contributed by atoms with Crippen LogP contribution in [0.1, 0.15) is 204 Å². The summed E-state index contributed by atoms with van der Waals surface area (Å²) in [7, 11) is 1.73. The SMILES string of the molecule is CCCCC(CC)COC(=O)C1CC(=O)N(CC)C1.CCCCCCCCCCCCOC(=O)C1CC(=O)N(C)C1.CCCCOC(=O)C1CC(=O)N(CC(C)C)C1.CCCCOC(=O)C1CC(=O)N(CC)C1. The van der Waals surface area contributed by atoms with E-state index in [2.05, 4.69) is 41.5 Å². The molecule has 0 radical (unpaired) electrons. The molecule has 16 nitrogen and oxygen atoms in total. The second-order valence-corrected chi connectivity index (χ2v) is 20.9. The van der Waals surface area contributed by atoms with Crippen molar-refractivity contribution in [2.45, 2.75) is 204 Å². The third-order valence-electron chi connectivity index (χ3n) is 13.9. The monoisotopic (exact) mass is 1030 g/mol. The third-order valence-corrected chi connectivity index (χ3v) is 13.9. The zero-order valence-corrected chi connectivity index (χ0v) is 47.5. The summed E-state index contributed by atoms with van der Waals surface area (Å²) in [6.45, 7) is 24.8. The van der Waals surface area contributed by atoms with Crippen molar-refractivity contribution < 1.29 is 57.3 Å². The molecule has 0 aromatic rings. The van der Waals surface area contributed by atoms with Gasteiger partial charge in [-0.1, -0.05) is 138 Å². The van der Waals surface area contributed by atoms with Gasteiger partial charge in [-0.05, 0) is 51.4 Å². The van der Waals surface area contributed by atoms with Gasteiger partial charge in [0, 0.05) is 78.5 Å². The minimum Gasteiger partial charge on any atom is -0.465 e. The van der Waals surface area contributed by atoms with E-state index in [4.69, 9.17) is 18.9 Å². The first-order valence-corrected chi connectivity index (χ1v) is 28.7. The van der Waals surface area contributed by atoms with Gasteiger partial charge >= 0.3 is 23.9 Å². The molecule has 5 atom stereocenters. The predicted molar refractivity (Wildman–Crippen MR) is 285 cm³/mol. The van der Waals surface area contributed by atoms with Crippen LogP contribution in [-0.2, 0) is 57.3 Å². The molecule has 16 heteroatoms. The van der Waals surface area contributed by atoms with Gasteiger partial charge in [0.2, 0.25) is 23.6 Å². The van der Waals surface area contributed by atoms with Crippen molar-refractivity contribution in [3.8, 4) is 0 Å². The number of unbranched alkanes of at least 4 members (excludes halogenated alkanes) is 12. The number of likely N-dealkylation sites (tertiary alicyclic amines) is 4. The summed E-state index contributed by atoms with van der Waals surface area (Å²) in [4.78, 5) is 99.7. The van der Waals surface area contributed by atoms with Crippen molar-refractivity contribution in [1.29, 1.82) is 0 Å². The summed E-state index contributed by atoms with van der Waals surface area (Å²) in [6, 6.07) is 0. The first-order valence-electron chi connectivity index (χ1n) is 28.7. The first kappa shape index (κ1) is 66.8. The fourth-order valence-electron chi connectivity index (χ4n) is 9.01. The van der Waals surface area contributed by atoms with Crippen LogP contribution < -0.4 is 0 Å². The van der Waals surface area contributed by atoms with Gasteiger partial charge in [-0.2, -0.15) is 0 Å².